The van der Waals surface area contributed by atoms with E-state index in [1.165, 1.54) is 38.5 Å². The number of benzene rings is 2. The molecule has 5 heteroatoms. The molecule has 0 radical (unpaired) electrons. The molecule has 21 heavy (non-hydrogen) atoms. The van der Waals surface area contributed by atoms with Gasteiger partial charge in [-0.2, -0.15) is 0 Å². The van der Waals surface area contributed by atoms with Crippen molar-refractivity contribution in [3.05, 3.63) is 59.2 Å². The Labute approximate surface area is 121 Å². The van der Waals surface area contributed by atoms with Gasteiger partial charge in [0.05, 0.1) is 20.3 Å². The van der Waals surface area contributed by atoms with Crippen molar-refractivity contribution in [2.75, 3.05) is 14.2 Å². The van der Waals surface area contributed by atoms with Crippen LogP contribution in [0, 0.1) is 11.6 Å². The van der Waals surface area contributed by atoms with E-state index in [0.717, 1.165) is 0 Å². The molecular formula is C16H16F2O3. The monoisotopic (exact) mass is 294 g/mol. The summed E-state index contributed by atoms with van der Waals surface area (Å²) in [4.78, 5) is 0. The summed E-state index contributed by atoms with van der Waals surface area (Å²) >= 11 is 0. The summed E-state index contributed by atoms with van der Waals surface area (Å²) in [6.07, 6.45) is -0.918. The van der Waals surface area contributed by atoms with Gasteiger partial charge in [-0.15, -0.1) is 0 Å². The van der Waals surface area contributed by atoms with E-state index in [9.17, 15) is 13.9 Å². The van der Waals surface area contributed by atoms with Gasteiger partial charge in [-0.1, -0.05) is 18.2 Å². The summed E-state index contributed by atoms with van der Waals surface area (Å²) in [5.41, 5.74) is 0.778. The van der Waals surface area contributed by atoms with Crippen LogP contribution in [0.2, 0.25) is 0 Å². The fourth-order valence-electron chi connectivity index (χ4n) is 2.08. The summed E-state index contributed by atoms with van der Waals surface area (Å²) in [7, 11) is 2.72. The average Bonchev–Trinajstić information content (AvgIpc) is 2.49. The molecule has 1 atom stereocenters. The van der Waals surface area contributed by atoms with Crippen molar-refractivity contribution >= 4 is 0 Å². The highest BCUT2D eigenvalue weighted by Gasteiger charge is 2.16. The standard InChI is InChI=1S/C16H16F2O3/c1-20-14-5-3-4-11(16(14)18)8-13(19)10-6-7-12(17)15(9-10)21-2/h3-7,9,13,19H,8H2,1-2H3. The Morgan fingerprint density at radius 3 is 2.43 bits per heavy atom. The van der Waals surface area contributed by atoms with Gasteiger partial charge in [0.15, 0.2) is 23.1 Å². The molecule has 0 saturated heterocycles. The van der Waals surface area contributed by atoms with Gasteiger partial charge in [0.1, 0.15) is 0 Å². The van der Waals surface area contributed by atoms with Crippen molar-refractivity contribution in [3.8, 4) is 11.5 Å². The molecule has 0 amide bonds. The Hall–Kier alpha value is -2.14. The van der Waals surface area contributed by atoms with Crippen molar-refractivity contribution < 1.29 is 23.4 Å². The van der Waals surface area contributed by atoms with Crippen LogP contribution < -0.4 is 9.47 Å². The van der Waals surface area contributed by atoms with E-state index in [-0.39, 0.29) is 17.9 Å². The Kier molecular flexibility index (Phi) is 4.75. The van der Waals surface area contributed by atoms with Gasteiger partial charge in [-0.3, -0.25) is 0 Å². The summed E-state index contributed by atoms with van der Waals surface area (Å²) in [5, 5.41) is 10.2. The highest BCUT2D eigenvalue weighted by Crippen LogP contribution is 2.27. The smallest absolute Gasteiger partial charge is 0.168 e. The van der Waals surface area contributed by atoms with Crippen LogP contribution in [-0.4, -0.2) is 19.3 Å². The first-order valence-electron chi connectivity index (χ1n) is 6.39. The molecule has 112 valence electrons. The molecule has 1 N–H and O–H groups in total. The molecule has 1 unspecified atom stereocenters. The average molecular weight is 294 g/mol. The van der Waals surface area contributed by atoms with E-state index >= 15 is 0 Å². The SMILES string of the molecule is COc1cc(C(O)Cc2cccc(OC)c2F)ccc1F. The van der Waals surface area contributed by atoms with Gasteiger partial charge in [-0.05, 0) is 29.3 Å². The largest absolute Gasteiger partial charge is 0.494 e. The number of hydrogen-bond donors (Lipinski definition) is 1. The fraction of sp³-hybridized carbons (Fsp3) is 0.250. The molecule has 2 aromatic rings. The number of aliphatic hydroxyl groups excluding tert-OH is 1. The normalized spacial score (nSPS) is 12.0. The number of aliphatic hydroxyl groups is 1. The molecular weight excluding hydrogens is 278 g/mol. The van der Waals surface area contributed by atoms with Crippen LogP contribution >= 0.6 is 0 Å². The third-order valence-electron chi connectivity index (χ3n) is 3.24. The predicted molar refractivity (Wildman–Crippen MR) is 74.6 cm³/mol. The Morgan fingerprint density at radius 2 is 1.76 bits per heavy atom. The van der Waals surface area contributed by atoms with Crippen molar-refractivity contribution in [1.82, 2.24) is 0 Å². The zero-order chi connectivity index (χ0) is 15.4. The minimum Gasteiger partial charge on any atom is -0.494 e. The fourth-order valence-corrected chi connectivity index (χ4v) is 2.08. The lowest BCUT2D eigenvalue weighted by molar-refractivity contribution is 0.176. The van der Waals surface area contributed by atoms with Crippen molar-refractivity contribution in [2.24, 2.45) is 0 Å². The number of rotatable bonds is 5. The second-order valence-corrected chi connectivity index (χ2v) is 4.55. The van der Waals surface area contributed by atoms with Crippen molar-refractivity contribution in [2.45, 2.75) is 12.5 Å². The number of halogens is 2. The summed E-state index contributed by atoms with van der Waals surface area (Å²) in [6, 6.07) is 8.78. The minimum absolute atomic E-state index is 0.0395. The lowest BCUT2D eigenvalue weighted by atomic mass is 10.0. The minimum atomic E-state index is -0.971. The van der Waals surface area contributed by atoms with Crippen LogP contribution in [0.5, 0.6) is 11.5 Å². The first-order valence-corrected chi connectivity index (χ1v) is 6.39. The highest BCUT2D eigenvalue weighted by molar-refractivity contribution is 5.35. The summed E-state index contributed by atoms with van der Waals surface area (Å²) in [5.74, 6) is -0.858. The van der Waals surface area contributed by atoms with Gasteiger partial charge >= 0.3 is 0 Å². The van der Waals surface area contributed by atoms with E-state index in [0.29, 0.717) is 11.1 Å². The van der Waals surface area contributed by atoms with Crippen molar-refractivity contribution in [3.63, 3.8) is 0 Å². The maximum Gasteiger partial charge on any atom is 0.168 e. The van der Waals surface area contributed by atoms with Crippen LogP contribution in [0.15, 0.2) is 36.4 Å². The quantitative estimate of drug-likeness (QED) is 0.920. The predicted octanol–water partition coefficient (Wildman–Crippen LogP) is 3.26. The lowest BCUT2D eigenvalue weighted by Gasteiger charge is -2.14. The maximum atomic E-state index is 14.0. The Balaban J connectivity index is 2.24. The number of hydrogen-bond acceptors (Lipinski definition) is 3. The van der Waals surface area contributed by atoms with E-state index < -0.39 is 17.7 Å². The number of methoxy groups -OCH3 is 2. The molecule has 0 heterocycles. The molecule has 2 rings (SSSR count). The van der Waals surface area contributed by atoms with Gasteiger partial charge in [-0.25, -0.2) is 8.78 Å². The van der Waals surface area contributed by atoms with Crippen LogP contribution in [0.3, 0.4) is 0 Å². The third kappa shape index (κ3) is 3.31. The van der Waals surface area contributed by atoms with E-state index in [1.807, 2.05) is 0 Å². The third-order valence-corrected chi connectivity index (χ3v) is 3.24. The first-order chi connectivity index (χ1) is 10.1. The Bertz CT molecular complexity index is 629. The molecule has 0 fully saturated rings. The van der Waals surface area contributed by atoms with Gasteiger partial charge < -0.3 is 14.6 Å². The lowest BCUT2D eigenvalue weighted by Crippen LogP contribution is -2.05. The molecule has 0 aliphatic rings. The molecule has 0 aromatic heterocycles. The first kappa shape index (κ1) is 15.3. The topological polar surface area (TPSA) is 38.7 Å². The molecule has 0 aliphatic heterocycles. The van der Waals surface area contributed by atoms with E-state index in [2.05, 4.69) is 0 Å². The van der Waals surface area contributed by atoms with E-state index in [1.54, 1.807) is 12.1 Å². The molecule has 2 aromatic carbocycles. The number of ether oxygens (including phenoxy) is 2. The van der Waals surface area contributed by atoms with Crippen molar-refractivity contribution in [1.29, 1.82) is 0 Å². The maximum absolute atomic E-state index is 14.0. The molecule has 0 spiro atoms. The van der Waals surface area contributed by atoms with Crippen LogP contribution in [-0.2, 0) is 6.42 Å². The molecule has 0 bridgehead atoms. The summed E-state index contributed by atoms with van der Waals surface area (Å²) < 4.78 is 37.1. The molecule has 3 nitrogen and oxygen atoms in total. The van der Waals surface area contributed by atoms with Crippen LogP contribution in [0.25, 0.3) is 0 Å². The van der Waals surface area contributed by atoms with Gasteiger partial charge in [0.25, 0.3) is 0 Å². The summed E-state index contributed by atoms with van der Waals surface area (Å²) in [6.45, 7) is 0. The molecule has 0 saturated carbocycles. The second-order valence-electron chi connectivity index (χ2n) is 4.55. The zero-order valence-corrected chi connectivity index (χ0v) is 11.8. The zero-order valence-electron chi connectivity index (χ0n) is 11.8. The van der Waals surface area contributed by atoms with Gasteiger partial charge in [0.2, 0.25) is 0 Å². The second kappa shape index (κ2) is 6.54. The van der Waals surface area contributed by atoms with E-state index in [4.69, 9.17) is 9.47 Å². The van der Waals surface area contributed by atoms with Crippen LogP contribution in [0.1, 0.15) is 17.2 Å². The van der Waals surface area contributed by atoms with Gasteiger partial charge in [0, 0.05) is 6.42 Å². The van der Waals surface area contributed by atoms with Crippen LogP contribution in [0.4, 0.5) is 8.78 Å². The highest BCUT2D eigenvalue weighted by atomic mass is 19.1. The molecule has 0 aliphatic carbocycles. The Morgan fingerprint density at radius 1 is 1.05 bits per heavy atom.